The number of anilines is 1. The van der Waals surface area contributed by atoms with E-state index in [2.05, 4.69) is 36.6 Å². The van der Waals surface area contributed by atoms with E-state index in [1.54, 1.807) is 19.3 Å². The number of nitriles is 1. The Morgan fingerprint density at radius 1 is 1.33 bits per heavy atom. The second-order valence-electron chi connectivity index (χ2n) is 9.17. The third-order valence-corrected chi connectivity index (χ3v) is 7.16. The number of fused-ring (bicyclic) bond motifs is 1. The lowest BCUT2D eigenvalue weighted by atomic mass is 9.97. The van der Waals surface area contributed by atoms with E-state index in [4.69, 9.17) is 15.7 Å². The Morgan fingerprint density at radius 3 is 2.79 bits per heavy atom. The first kappa shape index (κ1) is 22.0. The number of hydrogen-bond donors (Lipinski definition) is 3. The molecule has 11 heteroatoms. The lowest BCUT2D eigenvalue weighted by Gasteiger charge is -2.47. The van der Waals surface area contributed by atoms with Crippen molar-refractivity contribution in [3.63, 3.8) is 0 Å². The van der Waals surface area contributed by atoms with E-state index in [9.17, 15) is 4.79 Å². The van der Waals surface area contributed by atoms with E-state index < -0.39 is 0 Å². The molecule has 33 heavy (non-hydrogen) atoms. The molecule has 0 aliphatic carbocycles. The highest BCUT2D eigenvalue weighted by Gasteiger charge is 2.36. The SMILES string of the molecule is CC(C#N)c1cnc2c(C(=O)NC3CNCCC3N3CCN(C4COC4)CC3)c(N)nn2c1. The highest BCUT2D eigenvalue weighted by atomic mass is 16.5. The first-order chi connectivity index (χ1) is 16.0. The van der Waals surface area contributed by atoms with E-state index in [0.717, 1.165) is 57.9 Å². The summed E-state index contributed by atoms with van der Waals surface area (Å²) >= 11 is 0. The molecule has 4 N–H and O–H groups in total. The highest BCUT2D eigenvalue weighted by Crippen LogP contribution is 2.22. The maximum absolute atomic E-state index is 13.3. The fraction of sp³-hybridized carbons (Fsp3) is 0.636. The molecule has 2 aromatic heterocycles. The summed E-state index contributed by atoms with van der Waals surface area (Å²) in [7, 11) is 0. The molecule has 3 atom stereocenters. The lowest BCUT2D eigenvalue weighted by molar-refractivity contribution is -0.0813. The molecule has 3 aliphatic rings. The zero-order chi connectivity index (χ0) is 22.9. The third-order valence-electron chi connectivity index (χ3n) is 7.16. The highest BCUT2D eigenvalue weighted by molar-refractivity contribution is 6.04. The summed E-state index contributed by atoms with van der Waals surface area (Å²) in [5.41, 5.74) is 7.53. The average molecular weight is 454 g/mol. The van der Waals surface area contributed by atoms with Crippen LogP contribution in [0.15, 0.2) is 12.4 Å². The lowest BCUT2D eigenvalue weighted by Crippen LogP contribution is -2.64. The Bertz CT molecular complexity index is 1050. The fourth-order valence-electron chi connectivity index (χ4n) is 5.02. The number of nitrogens with one attached hydrogen (secondary N) is 2. The van der Waals surface area contributed by atoms with Crippen LogP contribution in [0.4, 0.5) is 5.82 Å². The molecule has 3 aliphatic heterocycles. The van der Waals surface area contributed by atoms with Gasteiger partial charge in [0.2, 0.25) is 0 Å². The summed E-state index contributed by atoms with van der Waals surface area (Å²) in [6.45, 7) is 9.19. The van der Waals surface area contributed by atoms with E-state index in [-0.39, 0.29) is 35.3 Å². The predicted molar refractivity (Wildman–Crippen MR) is 122 cm³/mol. The molecule has 0 saturated carbocycles. The molecule has 176 valence electrons. The largest absolute Gasteiger partial charge is 0.381 e. The molecule has 5 rings (SSSR count). The van der Waals surface area contributed by atoms with E-state index >= 15 is 0 Å². The molecule has 3 fully saturated rings. The molecule has 0 spiro atoms. The predicted octanol–water partition coefficient (Wildman–Crippen LogP) is -0.585. The van der Waals surface area contributed by atoms with E-state index in [1.807, 2.05) is 0 Å². The van der Waals surface area contributed by atoms with Gasteiger partial charge in [-0.1, -0.05) is 0 Å². The zero-order valence-electron chi connectivity index (χ0n) is 18.9. The number of nitrogens with two attached hydrogens (primary N) is 1. The van der Waals surface area contributed by atoms with Crippen LogP contribution < -0.4 is 16.4 Å². The molecular weight excluding hydrogens is 422 g/mol. The zero-order valence-corrected chi connectivity index (χ0v) is 18.9. The molecule has 2 aromatic rings. The second-order valence-corrected chi connectivity index (χ2v) is 9.17. The van der Waals surface area contributed by atoms with Crippen molar-refractivity contribution in [2.24, 2.45) is 0 Å². The van der Waals surface area contributed by atoms with Gasteiger partial charge >= 0.3 is 0 Å². The number of nitrogens with zero attached hydrogens (tertiary/aromatic N) is 6. The Labute approximate surface area is 192 Å². The monoisotopic (exact) mass is 453 g/mol. The molecule has 1 amide bonds. The van der Waals surface area contributed by atoms with Gasteiger partial charge in [-0.2, -0.15) is 5.26 Å². The maximum Gasteiger partial charge on any atom is 0.259 e. The molecule has 3 saturated heterocycles. The minimum atomic E-state index is -0.323. The van der Waals surface area contributed by atoms with Crippen LogP contribution in [0, 0.1) is 11.3 Å². The van der Waals surface area contributed by atoms with Crippen molar-refractivity contribution < 1.29 is 9.53 Å². The van der Waals surface area contributed by atoms with Crippen molar-refractivity contribution in [2.45, 2.75) is 37.4 Å². The number of aromatic nitrogens is 3. The van der Waals surface area contributed by atoms with Gasteiger partial charge in [-0.25, -0.2) is 9.50 Å². The minimum Gasteiger partial charge on any atom is -0.381 e. The van der Waals surface area contributed by atoms with Gasteiger partial charge in [-0.15, -0.1) is 5.10 Å². The van der Waals surface area contributed by atoms with Gasteiger partial charge < -0.3 is 21.1 Å². The van der Waals surface area contributed by atoms with Gasteiger partial charge in [-0.05, 0) is 19.9 Å². The normalized spacial score (nSPS) is 25.9. The summed E-state index contributed by atoms with van der Waals surface area (Å²) in [5.74, 6) is -0.450. The maximum atomic E-state index is 13.3. The fourth-order valence-corrected chi connectivity index (χ4v) is 5.02. The summed E-state index contributed by atoms with van der Waals surface area (Å²) in [4.78, 5) is 22.7. The van der Waals surface area contributed by atoms with Crippen LogP contribution in [0.1, 0.15) is 35.2 Å². The third kappa shape index (κ3) is 4.27. The number of carbonyl (C=O) groups is 1. The molecule has 0 radical (unpaired) electrons. The van der Waals surface area contributed by atoms with Crippen LogP contribution in [0.3, 0.4) is 0 Å². The Hall–Kier alpha value is -2.78. The van der Waals surface area contributed by atoms with Gasteiger partial charge in [0.1, 0.15) is 5.56 Å². The first-order valence-corrected chi connectivity index (χ1v) is 11.7. The number of amides is 1. The van der Waals surface area contributed by atoms with Gasteiger partial charge in [0, 0.05) is 56.7 Å². The molecule has 0 aromatic carbocycles. The molecular formula is C22H31N9O2. The molecule has 0 bridgehead atoms. The minimum absolute atomic E-state index is 0.0305. The van der Waals surface area contributed by atoms with Gasteiger partial charge in [-0.3, -0.25) is 14.6 Å². The van der Waals surface area contributed by atoms with Crippen molar-refractivity contribution in [2.75, 3.05) is 58.2 Å². The van der Waals surface area contributed by atoms with Crippen LogP contribution in [-0.2, 0) is 4.74 Å². The number of rotatable bonds is 5. The van der Waals surface area contributed by atoms with Gasteiger partial charge in [0.25, 0.3) is 5.91 Å². The summed E-state index contributed by atoms with van der Waals surface area (Å²) < 4.78 is 6.84. The average Bonchev–Trinajstić information content (AvgIpc) is 3.13. The number of nitrogen functional groups attached to an aromatic ring is 1. The van der Waals surface area contributed by atoms with E-state index in [1.165, 1.54) is 4.52 Å². The van der Waals surface area contributed by atoms with E-state index in [0.29, 0.717) is 18.2 Å². The number of carbonyl (C=O) groups excluding carboxylic acids is 1. The first-order valence-electron chi connectivity index (χ1n) is 11.7. The Kier molecular flexibility index (Phi) is 6.16. The van der Waals surface area contributed by atoms with Crippen molar-refractivity contribution in [3.05, 3.63) is 23.5 Å². The number of piperazine rings is 1. The van der Waals surface area contributed by atoms with Crippen molar-refractivity contribution in [3.8, 4) is 6.07 Å². The van der Waals surface area contributed by atoms with Crippen LogP contribution in [0.5, 0.6) is 0 Å². The van der Waals surface area contributed by atoms with Crippen LogP contribution in [-0.4, -0.2) is 101 Å². The van der Waals surface area contributed by atoms with Crippen molar-refractivity contribution in [1.82, 2.24) is 35.0 Å². The van der Waals surface area contributed by atoms with Crippen molar-refractivity contribution in [1.29, 1.82) is 5.26 Å². The number of piperidine rings is 1. The van der Waals surface area contributed by atoms with Crippen LogP contribution in [0.2, 0.25) is 0 Å². The molecule has 11 nitrogen and oxygen atoms in total. The quantitative estimate of drug-likeness (QED) is 0.543. The van der Waals surface area contributed by atoms with Crippen molar-refractivity contribution >= 4 is 17.4 Å². The summed E-state index contributed by atoms with van der Waals surface area (Å²) in [6.07, 6.45) is 4.30. The van der Waals surface area contributed by atoms with Crippen LogP contribution in [0.25, 0.3) is 5.65 Å². The Morgan fingerprint density at radius 2 is 2.09 bits per heavy atom. The molecule has 3 unspecified atom stereocenters. The van der Waals surface area contributed by atoms with Gasteiger partial charge in [0.05, 0.1) is 37.3 Å². The number of ether oxygens (including phenoxy) is 1. The standard InChI is InChI=1S/C22H31N9O2/c1-14(8-23)15-9-26-21-19(20(24)28-31(21)11-15)22(32)27-17-10-25-3-2-18(17)30-6-4-29(5-7-30)16-12-33-13-16/h9,11,14,16-18,25H,2-7,10,12-13H2,1H3,(H2,24,28)(H,27,32). The second kappa shape index (κ2) is 9.23. The smallest absolute Gasteiger partial charge is 0.259 e. The topological polar surface area (TPSA) is 137 Å². The summed E-state index contributed by atoms with van der Waals surface area (Å²) in [6, 6.07) is 2.99. The van der Waals surface area contributed by atoms with Gasteiger partial charge in [0.15, 0.2) is 11.5 Å². The Balaban J connectivity index is 1.29. The van der Waals surface area contributed by atoms with Crippen LogP contribution >= 0.6 is 0 Å². The molecule has 5 heterocycles. The summed E-state index contributed by atoms with van der Waals surface area (Å²) in [5, 5.41) is 20.1. The number of hydrogen-bond acceptors (Lipinski definition) is 9.